The average Bonchev–Trinajstić information content (AvgIpc) is 2.89. The SMILES string of the molecule is CC(C)(C)c1cc(-c2nc3c(c(N4CCCCC4)n2)Cc2cc(C(C)(C)C)cc(C(C)(C)C)c2O3)c(O)c(C(C)(C)C)c1. The Morgan fingerprint density at radius 1 is 0.674 bits per heavy atom. The van der Waals surface area contributed by atoms with E-state index in [1.54, 1.807) is 0 Å². The van der Waals surface area contributed by atoms with Crippen molar-refractivity contribution in [1.29, 1.82) is 0 Å². The number of aromatic nitrogens is 2. The zero-order valence-electron chi connectivity index (χ0n) is 28.7. The number of phenolic OH excluding ortho intramolecular Hbond substituents is 1. The summed E-state index contributed by atoms with van der Waals surface area (Å²) in [6.07, 6.45) is 4.26. The maximum Gasteiger partial charge on any atom is 0.228 e. The minimum absolute atomic E-state index is 0.0196. The maximum absolute atomic E-state index is 11.8. The summed E-state index contributed by atoms with van der Waals surface area (Å²) in [6.45, 7) is 28.6. The van der Waals surface area contributed by atoms with Crippen molar-refractivity contribution in [2.75, 3.05) is 18.0 Å². The van der Waals surface area contributed by atoms with Crippen molar-refractivity contribution in [3.63, 3.8) is 0 Å². The van der Waals surface area contributed by atoms with E-state index in [9.17, 15) is 5.11 Å². The largest absolute Gasteiger partial charge is 0.507 e. The van der Waals surface area contributed by atoms with Gasteiger partial charge in [-0.15, -0.1) is 0 Å². The maximum atomic E-state index is 11.8. The summed E-state index contributed by atoms with van der Waals surface area (Å²) in [5.74, 6) is 3.27. The predicted molar refractivity (Wildman–Crippen MR) is 179 cm³/mol. The number of fused-ring (bicyclic) bond motifs is 2. The molecule has 2 aromatic carbocycles. The summed E-state index contributed by atoms with van der Waals surface area (Å²) >= 11 is 0. The van der Waals surface area contributed by atoms with Gasteiger partial charge in [-0.05, 0) is 58.1 Å². The van der Waals surface area contributed by atoms with Gasteiger partial charge in [-0.1, -0.05) is 101 Å². The molecular weight excluding hydrogens is 530 g/mol. The molecule has 5 nitrogen and oxygen atoms in total. The van der Waals surface area contributed by atoms with Crippen LogP contribution in [0.25, 0.3) is 11.4 Å². The molecule has 0 spiro atoms. The number of hydrogen-bond donors (Lipinski definition) is 1. The molecule has 0 atom stereocenters. The van der Waals surface area contributed by atoms with Crippen LogP contribution in [0.4, 0.5) is 5.82 Å². The Kier molecular flexibility index (Phi) is 7.67. The number of ether oxygens (including phenoxy) is 1. The molecule has 0 bridgehead atoms. The average molecular weight is 584 g/mol. The van der Waals surface area contributed by atoms with Gasteiger partial charge in [0.1, 0.15) is 17.3 Å². The fraction of sp³-hybridized carbons (Fsp3) is 0.579. The van der Waals surface area contributed by atoms with E-state index in [-0.39, 0.29) is 27.4 Å². The van der Waals surface area contributed by atoms with E-state index < -0.39 is 0 Å². The highest BCUT2D eigenvalue weighted by molar-refractivity contribution is 5.72. The molecule has 5 rings (SSSR count). The monoisotopic (exact) mass is 583 g/mol. The third-order valence-corrected chi connectivity index (χ3v) is 9.03. The fourth-order valence-electron chi connectivity index (χ4n) is 6.21. The van der Waals surface area contributed by atoms with Gasteiger partial charge in [-0.25, -0.2) is 4.98 Å². The van der Waals surface area contributed by atoms with Crippen LogP contribution in [0.1, 0.15) is 136 Å². The van der Waals surface area contributed by atoms with Crippen molar-refractivity contribution in [3.05, 3.63) is 57.6 Å². The zero-order valence-corrected chi connectivity index (χ0v) is 28.7. The molecule has 0 unspecified atom stereocenters. The Labute approximate surface area is 260 Å². The van der Waals surface area contributed by atoms with Gasteiger partial charge in [-0.3, -0.25) is 0 Å². The number of nitrogens with zero attached hydrogens (tertiary/aromatic N) is 3. The van der Waals surface area contributed by atoms with Gasteiger partial charge < -0.3 is 14.7 Å². The first-order valence-corrected chi connectivity index (χ1v) is 16.1. The molecule has 5 heteroatoms. The van der Waals surface area contributed by atoms with Crippen LogP contribution in [-0.4, -0.2) is 28.2 Å². The smallest absolute Gasteiger partial charge is 0.228 e. The Morgan fingerprint density at radius 2 is 1.23 bits per heavy atom. The first-order chi connectivity index (χ1) is 19.7. The standard InChI is InChI=1S/C38H53N3O2/c1-35(2,3)24-18-23-19-27-33(41-16-14-13-15-17-41)39-32(40-34(27)43-31(23)29(22-24)38(10,11)12)26-20-25(36(4,5)6)21-28(30(26)42)37(7,8)9/h18,20-22,42H,13-17,19H2,1-12H3. The lowest BCUT2D eigenvalue weighted by Crippen LogP contribution is -2.32. The number of anilines is 1. The molecule has 2 aliphatic rings. The molecule has 1 N–H and O–H groups in total. The normalized spacial score (nSPS) is 16.0. The lowest BCUT2D eigenvalue weighted by atomic mass is 9.78. The lowest BCUT2D eigenvalue weighted by Gasteiger charge is -2.34. The van der Waals surface area contributed by atoms with Crippen LogP contribution in [-0.2, 0) is 28.1 Å². The van der Waals surface area contributed by atoms with E-state index in [0.717, 1.165) is 60.6 Å². The van der Waals surface area contributed by atoms with Crippen LogP contribution in [0.2, 0.25) is 0 Å². The van der Waals surface area contributed by atoms with Crippen molar-refractivity contribution in [3.8, 4) is 28.8 Å². The van der Waals surface area contributed by atoms with Gasteiger partial charge in [0.25, 0.3) is 0 Å². The van der Waals surface area contributed by atoms with Crippen LogP contribution in [0, 0.1) is 0 Å². The minimum atomic E-state index is -0.244. The Hall–Kier alpha value is -3.08. The molecule has 0 saturated carbocycles. The van der Waals surface area contributed by atoms with E-state index in [1.807, 2.05) is 0 Å². The second kappa shape index (κ2) is 10.5. The second-order valence-corrected chi connectivity index (χ2v) is 16.9. The molecular formula is C38H53N3O2. The zero-order chi connectivity index (χ0) is 31.7. The Morgan fingerprint density at radius 3 is 1.79 bits per heavy atom. The van der Waals surface area contributed by atoms with E-state index >= 15 is 0 Å². The Balaban J connectivity index is 1.77. The van der Waals surface area contributed by atoms with Gasteiger partial charge in [-0.2, -0.15) is 4.98 Å². The molecule has 1 aromatic heterocycles. The summed E-state index contributed by atoms with van der Waals surface area (Å²) in [5, 5.41) is 11.8. The highest BCUT2D eigenvalue weighted by atomic mass is 16.5. The molecule has 2 aliphatic heterocycles. The quantitative estimate of drug-likeness (QED) is 0.255. The summed E-state index contributed by atoms with van der Waals surface area (Å²) in [7, 11) is 0. The minimum Gasteiger partial charge on any atom is -0.507 e. The third kappa shape index (κ3) is 6.14. The molecule has 0 radical (unpaired) electrons. The van der Waals surface area contributed by atoms with E-state index in [1.165, 1.54) is 23.1 Å². The van der Waals surface area contributed by atoms with Crippen LogP contribution >= 0.6 is 0 Å². The molecule has 1 saturated heterocycles. The van der Waals surface area contributed by atoms with Gasteiger partial charge >= 0.3 is 0 Å². The van der Waals surface area contributed by atoms with Crippen molar-refractivity contribution < 1.29 is 9.84 Å². The van der Waals surface area contributed by atoms with Crippen LogP contribution in [0.15, 0.2) is 24.3 Å². The summed E-state index contributed by atoms with van der Waals surface area (Å²) in [6, 6.07) is 8.89. The summed E-state index contributed by atoms with van der Waals surface area (Å²) < 4.78 is 6.87. The topological polar surface area (TPSA) is 58.5 Å². The van der Waals surface area contributed by atoms with Gasteiger partial charge in [0, 0.05) is 36.2 Å². The molecule has 232 valence electrons. The lowest BCUT2D eigenvalue weighted by molar-refractivity contribution is 0.416. The van der Waals surface area contributed by atoms with Gasteiger partial charge in [0.2, 0.25) is 5.88 Å². The van der Waals surface area contributed by atoms with E-state index in [0.29, 0.717) is 17.3 Å². The molecule has 43 heavy (non-hydrogen) atoms. The predicted octanol–water partition coefficient (Wildman–Crippen LogP) is 9.73. The first-order valence-electron chi connectivity index (χ1n) is 16.1. The molecule has 1 fully saturated rings. The van der Waals surface area contributed by atoms with Gasteiger partial charge in [0.05, 0.1) is 11.1 Å². The number of benzene rings is 2. The van der Waals surface area contributed by atoms with E-state index in [4.69, 9.17) is 14.7 Å². The van der Waals surface area contributed by atoms with E-state index in [2.05, 4.69) is 112 Å². The van der Waals surface area contributed by atoms with Crippen molar-refractivity contribution in [2.45, 2.75) is 130 Å². The highest BCUT2D eigenvalue weighted by Gasteiger charge is 2.34. The summed E-state index contributed by atoms with van der Waals surface area (Å²) in [5.41, 5.74) is 7.08. The van der Waals surface area contributed by atoms with Crippen LogP contribution in [0.3, 0.4) is 0 Å². The molecule has 3 heterocycles. The number of piperidine rings is 1. The molecule has 0 amide bonds. The highest BCUT2D eigenvalue weighted by Crippen LogP contribution is 2.48. The number of aromatic hydroxyl groups is 1. The Bertz CT molecular complexity index is 1540. The molecule has 0 aliphatic carbocycles. The fourth-order valence-corrected chi connectivity index (χ4v) is 6.21. The first kappa shape index (κ1) is 31.3. The molecule has 3 aromatic rings. The van der Waals surface area contributed by atoms with Crippen molar-refractivity contribution in [2.24, 2.45) is 0 Å². The van der Waals surface area contributed by atoms with Crippen LogP contribution < -0.4 is 9.64 Å². The van der Waals surface area contributed by atoms with Gasteiger partial charge in [0.15, 0.2) is 5.82 Å². The number of hydrogen-bond acceptors (Lipinski definition) is 5. The van der Waals surface area contributed by atoms with Crippen molar-refractivity contribution in [1.82, 2.24) is 9.97 Å². The number of phenols is 1. The second-order valence-electron chi connectivity index (χ2n) is 16.9. The number of rotatable bonds is 2. The van der Waals surface area contributed by atoms with Crippen LogP contribution in [0.5, 0.6) is 17.4 Å². The van der Waals surface area contributed by atoms with Crippen molar-refractivity contribution >= 4 is 5.82 Å². The summed E-state index contributed by atoms with van der Waals surface area (Å²) in [4.78, 5) is 12.8. The third-order valence-electron chi connectivity index (χ3n) is 9.03.